The maximum atomic E-state index is 12.9. The number of hydrogen-bond acceptors (Lipinski definition) is 5. The minimum atomic E-state index is -0.994. The number of nitrogens with one attached hydrogen (secondary N) is 1. The fourth-order valence-corrected chi connectivity index (χ4v) is 2.96. The fraction of sp³-hybridized carbons (Fsp3) is 0.368. The Kier molecular flexibility index (Phi) is 4.73. The number of hydrogen-bond donors (Lipinski definition) is 1. The SMILES string of the molecule is COc1ccc(CN2C(=O)C(=O)n3ccnc3C2C(=O)NC(C)(C)C)cc1. The summed E-state index contributed by atoms with van der Waals surface area (Å²) in [7, 11) is 1.56. The van der Waals surface area contributed by atoms with Crippen molar-refractivity contribution in [3.8, 4) is 5.75 Å². The first kappa shape index (κ1) is 18.6. The second-order valence-electron chi connectivity index (χ2n) is 7.38. The number of nitrogens with zero attached hydrogens (tertiary/aromatic N) is 3. The van der Waals surface area contributed by atoms with E-state index in [-0.39, 0.29) is 18.3 Å². The van der Waals surface area contributed by atoms with E-state index in [1.165, 1.54) is 17.3 Å². The predicted octanol–water partition coefficient (Wildman–Crippen LogP) is 1.53. The van der Waals surface area contributed by atoms with Gasteiger partial charge in [-0.25, -0.2) is 4.98 Å². The van der Waals surface area contributed by atoms with Gasteiger partial charge in [0.05, 0.1) is 7.11 Å². The van der Waals surface area contributed by atoms with Crippen molar-refractivity contribution in [2.75, 3.05) is 7.11 Å². The number of rotatable bonds is 4. The van der Waals surface area contributed by atoms with E-state index >= 15 is 0 Å². The van der Waals surface area contributed by atoms with E-state index in [0.29, 0.717) is 5.75 Å². The molecule has 2 aromatic rings. The summed E-state index contributed by atoms with van der Waals surface area (Å²) in [6.45, 7) is 5.65. The summed E-state index contributed by atoms with van der Waals surface area (Å²) in [4.78, 5) is 43.5. The van der Waals surface area contributed by atoms with Crippen LogP contribution < -0.4 is 10.1 Å². The molecule has 0 fully saturated rings. The molecule has 1 atom stereocenters. The van der Waals surface area contributed by atoms with Gasteiger partial charge >= 0.3 is 11.8 Å². The molecule has 1 aliphatic heterocycles. The first-order valence-corrected chi connectivity index (χ1v) is 8.55. The molecule has 0 radical (unpaired) electrons. The topological polar surface area (TPSA) is 93.5 Å². The zero-order chi connectivity index (χ0) is 19.8. The van der Waals surface area contributed by atoms with Gasteiger partial charge in [0, 0.05) is 24.5 Å². The highest BCUT2D eigenvalue weighted by Gasteiger charge is 2.44. The molecule has 2 heterocycles. The normalized spacial score (nSPS) is 16.9. The average Bonchev–Trinajstić information content (AvgIpc) is 3.08. The molecule has 1 aliphatic rings. The van der Waals surface area contributed by atoms with Crippen molar-refractivity contribution in [1.29, 1.82) is 0 Å². The Balaban J connectivity index is 1.98. The quantitative estimate of drug-likeness (QED) is 0.824. The molecule has 0 spiro atoms. The highest BCUT2D eigenvalue weighted by atomic mass is 16.5. The van der Waals surface area contributed by atoms with Gasteiger partial charge < -0.3 is 15.0 Å². The van der Waals surface area contributed by atoms with Gasteiger partial charge in [0.2, 0.25) is 0 Å². The molecule has 1 aromatic carbocycles. The molecule has 142 valence electrons. The van der Waals surface area contributed by atoms with Crippen molar-refractivity contribution in [2.45, 2.75) is 38.9 Å². The van der Waals surface area contributed by atoms with Gasteiger partial charge in [0.25, 0.3) is 5.91 Å². The average molecular weight is 370 g/mol. The second-order valence-corrected chi connectivity index (χ2v) is 7.38. The summed E-state index contributed by atoms with van der Waals surface area (Å²) in [5, 5.41) is 2.87. The third-order valence-corrected chi connectivity index (χ3v) is 4.15. The van der Waals surface area contributed by atoms with E-state index in [9.17, 15) is 14.4 Å². The summed E-state index contributed by atoms with van der Waals surface area (Å²) in [6.07, 6.45) is 2.81. The number of ether oxygens (including phenoxy) is 1. The van der Waals surface area contributed by atoms with Crippen LogP contribution in [0.25, 0.3) is 0 Å². The lowest BCUT2D eigenvalue weighted by atomic mass is 10.0. The first-order chi connectivity index (χ1) is 12.7. The Morgan fingerprint density at radius 2 is 1.85 bits per heavy atom. The summed E-state index contributed by atoms with van der Waals surface area (Å²) < 4.78 is 6.27. The number of aromatic nitrogens is 2. The standard InChI is InChI=1S/C19H22N4O4/c1-19(2,3)21-16(24)14-15-20-9-10-22(15)17(25)18(26)23(14)11-12-5-7-13(27-4)8-6-12/h5-10,14H,11H2,1-4H3,(H,21,24). The smallest absolute Gasteiger partial charge is 0.321 e. The molecule has 8 nitrogen and oxygen atoms in total. The van der Waals surface area contributed by atoms with Crippen molar-refractivity contribution in [1.82, 2.24) is 19.8 Å². The van der Waals surface area contributed by atoms with Crippen LogP contribution in [0.2, 0.25) is 0 Å². The fourth-order valence-electron chi connectivity index (χ4n) is 2.96. The third-order valence-electron chi connectivity index (χ3n) is 4.15. The second kappa shape index (κ2) is 6.86. The Bertz CT molecular complexity index is 880. The van der Waals surface area contributed by atoms with Crippen LogP contribution in [0.5, 0.6) is 5.75 Å². The van der Waals surface area contributed by atoms with Crippen LogP contribution >= 0.6 is 0 Å². The molecule has 0 bridgehead atoms. The van der Waals surface area contributed by atoms with E-state index < -0.39 is 23.4 Å². The molecular formula is C19H22N4O4. The lowest BCUT2D eigenvalue weighted by Gasteiger charge is -2.35. The van der Waals surface area contributed by atoms with Crippen LogP contribution in [0, 0.1) is 0 Å². The van der Waals surface area contributed by atoms with Crippen molar-refractivity contribution in [3.63, 3.8) is 0 Å². The summed E-state index contributed by atoms with van der Waals surface area (Å²) >= 11 is 0. The van der Waals surface area contributed by atoms with Crippen molar-refractivity contribution < 1.29 is 19.1 Å². The molecule has 0 aliphatic carbocycles. The molecular weight excluding hydrogens is 348 g/mol. The molecule has 27 heavy (non-hydrogen) atoms. The van der Waals surface area contributed by atoms with Crippen molar-refractivity contribution in [3.05, 3.63) is 48.0 Å². The molecule has 8 heteroatoms. The van der Waals surface area contributed by atoms with Crippen LogP contribution in [-0.2, 0) is 16.1 Å². The van der Waals surface area contributed by atoms with Crippen LogP contribution in [-0.4, -0.2) is 44.8 Å². The number of methoxy groups -OCH3 is 1. The molecule has 1 N–H and O–H groups in total. The van der Waals surface area contributed by atoms with Crippen LogP contribution in [0.3, 0.4) is 0 Å². The van der Waals surface area contributed by atoms with E-state index in [4.69, 9.17) is 4.74 Å². The number of carbonyl (C=O) groups is 3. The lowest BCUT2D eigenvalue weighted by Crippen LogP contribution is -2.54. The summed E-state index contributed by atoms with van der Waals surface area (Å²) in [5.74, 6) is -0.947. The molecule has 3 rings (SSSR count). The predicted molar refractivity (Wildman–Crippen MR) is 97.0 cm³/mol. The van der Waals surface area contributed by atoms with Gasteiger partial charge in [-0.05, 0) is 38.5 Å². The van der Waals surface area contributed by atoms with Crippen LogP contribution in [0.1, 0.15) is 43.0 Å². The highest BCUT2D eigenvalue weighted by molar-refractivity contribution is 6.37. The maximum Gasteiger partial charge on any atom is 0.321 e. The van der Waals surface area contributed by atoms with E-state index in [1.807, 2.05) is 20.8 Å². The number of amides is 2. The van der Waals surface area contributed by atoms with Gasteiger partial charge in [0.15, 0.2) is 6.04 Å². The zero-order valence-corrected chi connectivity index (χ0v) is 15.7. The highest BCUT2D eigenvalue weighted by Crippen LogP contribution is 2.28. The van der Waals surface area contributed by atoms with Gasteiger partial charge in [0.1, 0.15) is 11.6 Å². The van der Waals surface area contributed by atoms with Crippen molar-refractivity contribution >= 4 is 17.7 Å². The summed E-state index contributed by atoms with van der Waals surface area (Å²) in [5.41, 5.74) is 0.274. The first-order valence-electron chi connectivity index (χ1n) is 8.55. The lowest BCUT2D eigenvalue weighted by molar-refractivity contribution is -0.141. The molecule has 1 unspecified atom stereocenters. The van der Waals surface area contributed by atoms with Gasteiger partial charge in [-0.15, -0.1) is 0 Å². The van der Waals surface area contributed by atoms with E-state index in [2.05, 4.69) is 10.3 Å². The van der Waals surface area contributed by atoms with Gasteiger partial charge in [-0.3, -0.25) is 19.0 Å². The van der Waals surface area contributed by atoms with Crippen molar-refractivity contribution in [2.24, 2.45) is 0 Å². The molecule has 0 saturated carbocycles. The maximum absolute atomic E-state index is 12.9. The minimum Gasteiger partial charge on any atom is -0.497 e. The molecule has 1 aromatic heterocycles. The van der Waals surface area contributed by atoms with Gasteiger partial charge in [-0.2, -0.15) is 0 Å². The monoisotopic (exact) mass is 370 g/mol. The van der Waals surface area contributed by atoms with Crippen LogP contribution in [0.4, 0.5) is 0 Å². The molecule has 0 saturated heterocycles. The Morgan fingerprint density at radius 1 is 1.19 bits per heavy atom. The Labute approximate surface area is 157 Å². The largest absolute Gasteiger partial charge is 0.497 e. The number of imidazole rings is 1. The van der Waals surface area contributed by atoms with Crippen LogP contribution in [0.15, 0.2) is 36.7 Å². The van der Waals surface area contributed by atoms with E-state index in [1.54, 1.807) is 31.4 Å². The Morgan fingerprint density at radius 3 is 2.44 bits per heavy atom. The van der Waals surface area contributed by atoms with E-state index in [0.717, 1.165) is 10.1 Å². The zero-order valence-electron chi connectivity index (χ0n) is 15.7. The minimum absolute atomic E-state index is 0.101. The number of fused-ring (bicyclic) bond motifs is 1. The molecule has 2 amide bonds. The number of benzene rings is 1. The Hall–Kier alpha value is -3.16. The third kappa shape index (κ3) is 3.69. The number of carbonyl (C=O) groups excluding carboxylic acids is 3. The summed E-state index contributed by atoms with van der Waals surface area (Å²) in [6, 6.07) is 6.10. The van der Waals surface area contributed by atoms with Gasteiger partial charge in [-0.1, -0.05) is 12.1 Å².